The molecule has 13 heteroatoms. The monoisotopic (exact) mass is 495 g/mol. The van der Waals surface area contributed by atoms with E-state index in [1.165, 1.54) is 11.1 Å². The zero-order valence-electron chi connectivity index (χ0n) is 18.4. The molecule has 0 saturated carbocycles. The second kappa shape index (κ2) is 10.9. The number of aliphatic hydroxyl groups excluding tert-OH is 1. The third-order valence-corrected chi connectivity index (χ3v) is 5.93. The minimum Gasteiger partial charge on any atom is -0.481 e. The Hall–Kier alpha value is -3.06. The van der Waals surface area contributed by atoms with Gasteiger partial charge in [0.15, 0.2) is 6.35 Å². The number of carbonyl (C=O) groups excluding carboxylic acids is 4. The van der Waals surface area contributed by atoms with Gasteiger partial charge in [-0.3, -0.25) is 29.6 Å². The quantitative estimate of drug-likeness (QED) is 0.370. The van der Waals surface area contributed by atoms with Crippen molar-refractivity contribution in [2.45, 2.75) is 51.0 Å². The molecule has 0 radical (unpaired) electrons. The fraction of sp³-hybridized carbons (Fsp3) is 0.476. The number of carboxylic acid groups (broad SMARTS) is 1. The molecule has 0 bridgehead atoms. The minimum absolute atomic E-state index is 0.0251. The van der Waals surface area contributed by atoms with Gasteiger partial charge in [-0.2, -0.15) is 10.0 Å². The van der Waals surface area contributed by atoms with Crippen molar-refractivity contribution in [3.63, 3.8) is 0 Å². The molecule has 0 aliphatic carbocycles. The number of hydrogen-bond donors (Lipinski definition) is 4. The number of amides is 3. The van der Waals surface area contributed by atoms with E-state index in [1.807, 2.05) is 0 Å². The number of aliphatic hydroxyl groups is 1. The topological polar surface area (TPSA) is 160 Å². The van der Waals surface area contributed by atoms with E-state index >= 15 is 0 Å². The number of nitrogens with zero attached hydrogens (tertiary/aromatic N) is 3. The second-order valence-corrected chi connectivity index (χ2v) is 8.53. The second-order valence-electron chi connectivity index (χ2n) is 8.09. The van der Waals surface area contributed by atoms with E-state index in [2.05, 4.69) is 10.7 Å². The van der Waals surface area contributed by atoms with Gasteiger partial charge in [0.1, 0.15) is 12.3 Å². The van der Waals surface area contributed by atoms with Gasteiger partial charge >= 0.3 is 5.97 Å². The van der Waals surface area contributed by atoms with Crippen molar-refractivity contribution < 1.29 is 34.2 Å². The summed E-state index contributed by atoms with van der Waals surface area (Å²) in [4.78, 5) is 60.7. The minimum atomic E-state index is -1.58. The number of carbonyl (C=O) groups is 5. The molecule has 2 heterocycles. The molecule has 2 aliphatic rings. The third kappa shape index (κ3) is 5.70. The van der Waals surface area contributed by atoms with E-state index in [-0.39, 0.29) is 37.4 Å². The van der Waals surface area contributed by atoms with E-state index in [1.54, 1.807) is 19.1 Å². The fourth-order valence-corrected chi connectivity index (χ4v) is 4.16. The van der Waals surface area contributed by atoms with Crippen LogP contribution in [0.4, 0.5) is 0 Å². The van der Waals surface area contributed by atoms with Crippen LogP contribution in [0.25, 0.3) is 0 Å². The summed E-state index contributed by atoms with van der Waals surface area (Å²) < 4.78 is 0. The molecule has 3 amide bonds. The highest BCUT2D eigenvalue weighted by molar-refractivity contribution is 6.31. The summed E-state index contributed by atoms with van der Waals surface area (Å²) in [6.45, 7) is 1.95. The first-order valence-corrected chi connectivity index (χ1v) is 11.1. The first kappa shape index (κ1) is 25.6. The highest BCUT2D eigenvalue weighted by Crippen LogP contribution is 2.25. The lowest BCUT2D eigenvalue weighted by Crippen LogP contribution is -2.67. The van der Waals surface area contributed by atoms with Crippen LogP contribution in [0, 0.1) is 6.92 Å². The molecule has 2 fully saturated rings. The summed E-state index contributed by atoms with van der Waals surface area (Å²) in [5, 5.41) is 26.3. The molecule has 12 nitrogen and oxygen atoms in total. The van der Waals surface area contributed by atoms with E-state index in [0.717, 1.165) is 10.0 Å². The molecule has 4 N–H and O–H groups in total. The number of fused-ring (bicyclic) bond motifs is 1. The van der Waals surface area contributed by atoms with E-state index in [4.69, 9.17) is 16.7 Å². The van der Waals surface area contributed by atoms with Gasteiger partial charge in [-0.15, -0.1) is 0 Å². The summed E-state index contributed by atoms with van der Waals surface area (Å²) >= 11 is 6.00. The molecule has 2 saturated heterocycles. The smallest absolute Gasteiger partial charge is 0.305 e. The van der Waals surface area contributed by atoms with Gasteiger partial charge in [0, 0.05) is 30.1 Å². The number of hydrazine groups is 2. The van der Waals surface area contributed by atoms with Crippen LogP contribution >= 0.6 is 11.6 Å². The number of benzene rings is 1. The first-order valence-electron chi connectivity index (χ1n) is 10.7. The maximum atomic E-state index is 12.9. The molecule has 1 aromatic carbocycles. The van der Waals surface area contributed by atoms with Gasteiger partial charge < -0.3 is 20.3 Å². The Morgan fingerprint density at radius 3 is 2.71 bits per heavy atom. The van der Waals surface area contributed by atoms with Crippen LogP contribution in [0.5, 0.6) is 0 Å². The standard InChI is InChI=1S/C21H26ClN5O7/c1-12-4-5-13(22)9-15(12)19(32)24-25-8-6-17(29)26-7-2-3-16(27(26)21(25)34)20(33)23-14(11-28)10-18(30)31/h4-5,9,11,14,16,21,34H,2-3,6-8,10H2,1H3,(H,23,33)(H,24,32)(H,30,31)/t14-,16-,21?/m0/s1. The lowest BCUT2D eigenvalue weighted by Gasteiger charge is -2.45. The van der Waals surface area contributed by atoms with Gasteiger partial charge in [0.2, 0.25) is 11.8 Å². The molecular weight excluding hydrogens is 470 g/mol. The number of rotatable bonds is 7. The van der Waals surface area contributed by atoms with Crippen molar-refractivity contribution in [1.82, 2.24) is 25.8 Å². The molecule has 34 heavy (non-hydrogen) atoms. The molecule has 2 aliphatic heterocycles. The van der Waals surface area contributed by atoms with Crippen LogP contribution < -0.4 is 10.7 Å². The number of hydrogen-bond acceptors (Lipinski definition) is 8. The zero-order chi connectivity index (χ0) is 25.0. The van der Waals surface area contributed by atoms with Crippen molar-refractivity contribution in [2.75, 3.05) is 13.1 Å². The van der Waals surface area contributed by atoms with E-state index in [0.29, 0.717) is 23.3 Å². The number of carboxylic acids is 1. The highest BCUT2D eigenvalue weighted by atomic mass is 35.5. The van der Waals surface area contributed by atoms with Gasteiger partial charge in [-0.05, 0) is 37.5 Å². The van der Waals surface area contributed by atoms with Crippen LogP contribution in [-0.2, 0) is 19.2 Å². The number of aldehydes is 1. The zero-order valence-corrected chi connectivity index (χ0v) is 19.2. The Bertz CT molecular complexity index is 990. The molecule has 1 aromatic rings. The largest absolute Gasteiger partial charge is 0.481 e. The summed E-state index contributed by atoms with van der Waals surface area (Å²) in [7, 11) is 0. The highest BCUT2D eigenvalue weighted by Gasteiger charge is 2.45. The van der Waals surface area contributed by atoms with Crippen LogP contribution in [0.2, 0.25) is 5.02 Å². The number of nitrogens with one attached hydrogen (secondary N) is 2. The first-order chi connectivity index (χ1) is 16.1. The number of aryl methyl sites for hydroxylation is 1. The molecule has 1 unspecified atom stereocenters. The molecule has 0 spiro atoms. The number of aliphatic carboxylic acids is 1. The Morgan fingerprint density at radius 1 is 1.29 bits per heavy atom. The Kier molecular flexibility index (Phi) is 8.20. The summed E-state index contributed by atoms with van der Waals surface area (Å²) in [6.07, 6.45) is -1.22. The summed E-state index contributed by atoms with van der Waals surface area (Å²) in [6, 6.07) is 2.45. The van der Waals surface area contributed by atoms with Crippen molar-refractivity contribution in [3.8, 4) is 0 Å². The third-order valence-electron chi connectivity index (χ3n) is 5.69. The van der Waals surface area contributed by atoms with Gasteiger partial charge in [-0.1, -0.05) is 17.7 Å². The maximum Gasteiger partial charge on any atom is 0.305 e. The Balaban J connectivity index is 1.82. The Morgan fingerprint density at radius 2 is 2.03 bits per heavy atom. The van der Waals surface area contributed by atoms with Gasteiger partial charge in [-0.25, -0.2) is 0 Å². The lowest BCUT2D eigenvalue weighted by molar-refractivity contribution is -0.229. The van der Waals surface area contributed by atoms with Crippen LogP contribution in [0.15, 0.2) is 18.2 Å². The SMILES string of the molecule is Cc1ccc(Cl)cc1C(=O)NN1CCC(=O)N2CCC[C@@H](C(=O)N[C@H](C=O)CC(=O)O)N2C1O. The maximum absolute atomic E-state index is 12.9. The lowest BCUT2D eigenvalue weighted by atomic mass is 10.1. The van der Waals surface area contributed by atoms with E-state index in [9.17, 15) is 29.1 Å². The molecule has 3 atom stereocenters. The van der Waals surface area contributed by atoms with Crippen LogP contribution in [-0.4, -0.2) is 86.7 Å². The van der Waals surface area contributed by atoms with Crippen molar-refractivity contribution in [1.29, 1.82) is 0 Å². The fourth-order valence-electron chi connectivity index (χ4n) is 3.99. The van der Waals surface area contributed by atoms with E-state index < -0.39 is 42.6 Å². The van der Waals surface area contributed by atoms with Crippen molar-refractivity contribution in [3.05, 3.63) is 34.3 Å². The average Bonchev–Trinajstić information content (AvgIpc) is 2.91. The average molecular weight is 496 g/mol. The molecule has 184 valence electrons. The summed E-state index contributed by atoms with van der Waals surface area (Å²) in [5.41, 5.74) is 3.51. The van der Waals surface area contributed by atoms with Crippen molar-refractivity contribution in [2.24, 2.45) is 0 Å². The van der Waals surface area contributed by atoms with Gasteiger partial charge in [0.05, 0.1) is 12.5 Å². The van der Waals surface area contributed by atoms with Crippen molar-refractivity contribution >= 4 is 41.6 Å². The van der Waals surface area contributed by atoms with Crippen LogP contribution in [0.3, 0.4) is 0 Å². The predicted octanol–water partition coefficient (Wildman–Crippen LogP) is -0.359. The number of halogens is 1. The van der Waals surface area contributed by atoms with Gasteiger partial charge in [0.25, 0.3) is 5.91 Å². The normalized spacial score (nSPS) is 22.3. The Labute approximate surface area is 200 Å². The molecular formula is C21H26ClN5O7. The predicted molar refractivity (Wildman–Crippen MR) is 118 cm³/mol. The molecule has 3 rings (SSSR count). The van der Waals surface area contributed by atoms with Crippen LogP contribution in [0.1, 0.15) is 41.6 Å². The molecule has 0 aromatic heterocycles. The summed E-state index contributed by atoms with van der Waals surface area (Å²) in [5.74, 6) is -2.89.